The highest BCUT2D eigenvalue weighted by atomic mass is 16.7. The summed E-state index contributed by atoms with van der Waals surface area (Å²) in [6.07, 6.45) is 2.05. The van der Waals surface area contributed by atoms with Crippen molar-refractivity contribution in [3.05, 3.63) is 23.5 Å². The molecule has 0 aliphatic carbocycles. The SMILES string of the molecule is Cc1cc2n(c1)CC1(COC(C)(C)OC1)CN(C(C)C)C2=O. The Bertz CT molecular complexity index is 579. The lowest BCUT2D eigenvalue weighted by atomic mass is 9.87. The Morgan fingerprint density at radius 1 is 1.18 bits per heavy atom. The molecule has 0 bridgehead atoms. The number of rotatable bonds is 1. The summed E-state index contributed by atoms with van der Waals surface area (Å²) in [6.45, 7) is 12.7. The standard InChI is InChI=1S/C17H26N2O3/c1-12(2)19-9-17(10-21-16(4,5)22-11-17)8-18-7-13(3)6-14(18)15(19)20/h6-7,12H,8-11H2,1-5H3. The molecule has 22 heavy (non-hydrogen) atoms. The maximum Gasteiger partial charge on any atom is 0.270 e. The van der Waals surface area contributed by atoms with E-state index in [9.17, 15) is 4.79 Å². The molecule has 5 heteroatoms. The van der Waals surface area contributed by atoms with Gasteiger partial charge in [-0.05, 0) is 46.2 Å². The van der Waals surface area contributed by atoms with Gasteiger partial charge in [0.2, 0.25) is 0 Å². The second-order valence-corrected chi connectivity index (χ2v) is 7.53. The number of ether oxygens (including phenoxy) is 2. The number of aryl methyl sites for hydroxylation is 1. The smallest absolute Gasteiger partial charge is 0.270 e. The first-order chi connectivity index (χ1) is 10.2. The first kappa shape index (κ1) is 15.6. The summed E-state index contributed by atoms with van der Waals surface area (Å²) in [6, 6.07) is 2.13. The molecule has 3 heterocycles. The van der Waals surface area contributed by atoms with E-state index < -0.39 is 5.79 Å². The van der Waals surface area contributed by atoms with Gasteiger partial charge in [-0.3, -0.25) is 4.79 Å². The van der Waals surface area contributed by atoms with Gasteiger partial charge < -0.3 is 18.9 Å². The number of aromatic nitrogens is 1. The molecule has 0 radical (unpaired) electrons. The van der Waals surface area contributed by atoms with E-state index in [0.717, 1.165) is 17.8 Å². The van der Waals surface area contributed by atoms with Gasteiger partial charge in [0.25, 0.3) is 5.91 Å². The summed E-state index contributed by atoms with van der Waals surface area (Å²) in [5, 5.41) is 0. The molecule has 5 nitrogen and oxygen atoms in total. The Morgan fingerprint density at radius 2 is 1.82 bits per heavy atom. The van der Waals surface area contributed by atoms with E-state index >= 15 is 0 Å². The zero-order valence-electron chi connectivity index (χ0n) is 14.2. The molecule has 2 aliphatic rings. The third-order valence-corrected chi connectivity index (χ3v) is 4.60. The van der Waals surface area contributed by atoms with E-state index in [1.165, 1.54) is 0 Å². The highest BCUT2D eigenvalue weighted by Gasteiger charge is 2.45. The van der Waals surface area contributed by atoms with Crippen LogP contribution in [0.1, 0.15) is 43.7 Å². The van der Waals surface area contributed by atoms with Crippen molar-refractivity contribution in [1.82, 2.24) is 9.47 Å². The van der Waals surface area contributed by atoms with Crippen molar-refractivity contribution in [1.29, 1.82) is 0 Å². The van der Waals surface area contributed by atoms with Crippen LogP contribution in [0.15, 0.2) is 12.3 Å². The Labute approximate surface area is 132 Å². The van der Waals surface area contributed by atoms with Crippen molar-refractivity contribution in [3.63, 3.8) is 0 Å². The van der Waals surface area contributed by atoms with Gasteiger partial charge in [0, 0.05) is 25.3 Å². The first-order valence-electron chi connectivity index (χ1n) is 7.97. The highest BCUT2D eigenvalue weighted by Crippen LogP contribution is 2.35. The van der Waals surface area contributed by atoms with E-state index in [4.69, 9.17) is 9.47 Å². The van der Waals surface area contributed by atoms with Crippen LogP contribution in [-0.4, -0.2) is 47.0 Å². The number of fused-ring (bicyclic) bond motifs is 1. The molecule has 1 fully saturated rings. The third-order valence-electron chi connectivity index (χ3n) is 4.60. The predicted octanol–water partition coefficient (Wildman–Crippen LogP) is 2.43. The molecule has 122 valence electrons. The second-order valence-electron chi connectivity index (χ2n) is 7.53. The van der Waals surface area contributed by atoms with Gasteiger partial charge in [-0.25, -0.2) is 0 Å². The molecule has 0 saturated carbocycles. The van der Waals surface area contributed by atoms with Crippen molar-refractivity contribution in [3.8, 4) is 0 Å². The van der Waals surface area contributed by atoms with Crippen LogP contribution < -0.4 is 0 Å². The monoisotopic (exact) mass is 306 g/mol. The zero-order chi connectivity index (χ0) is 16.1. The largest absolute Gasteiger partial charge is 0.350 e. The minimum absolute atomic E-state index is 0.102. The maximum atomic E-state index is 12.9. The minimum atomic E-state index is -0.542. The lowest BCUT2D eigenvalue weighted by molar-refractivity contribution is -0.288. The normalized spacial score (nSPS) is 23.7. The maximum absolute atomic E-state index is 12.9. The molecule has 0 aromatic carbocycles. The molecule has 1 spiro atoms. The molecule has 3 rings (SSSR count). The molecular weight excluding hydrogens is 280 g/mol. The molecule has 2 aliphatic heterocycles. The summed E-state index contributed by atoms with van der Waals surface area (Å²) in [4.78, 5) is 14.8. The number of amides is 1. The summed E-state index contributed by atoms with van der Waals surface area (Å²) >= 11 is 0. The summed E-state index contributed by atoms with van der Waals surface area (Å²) in [5.74, 6) is -0.440. The average molecular weight is 306 g/mol. The molecule has 0 N–H and O–H groups in total. The third kappa shape index (κ3) is 2.68. The fourth-order valence-corrected chi connectivity index (χ4v) is 3.30. The van der Waals surface area contributed by atoms with E-state index in [1.807, 2.05) is 31.7 Å². The van der Waals surface area contributed by atoms with Gasteiger partial charge in [0.05, 0.1) is 18.6 Å². The van der Waals surface area contributed by atoms with Crippen molar-refractivity contribution in [2.45, 2.75) is 53.0 Å². The van der Waals surface area contributed by atoms with Crippen LogP contribution in [-0.2, 0) is 16.0 Å². The van der Waals surface area contributed by atoms with Crippen LogP contribution in [0.3, 0.4) is 0 Å². The van der Waals surface area contributed by atoms with Gasteiger partial charge in [-0.2, -0.15) is 0 Å². The van der Waals surface area contributed by atoms with Crippen LogP contribution in [0.2, 0.25) is 0 Å². The van der Waals surface area contributed by atoms with Crippen molar-refractivity contribution >= 4 is 5.91 Å². The summed E-state index contributed by atoms with van der Waals surface area (Å²) in [5.41, 5.74) is 1.70. The molecule has 1 aromatic rings. The highest BCUT2D eigenvalue weighted by molar-refractivity contribution is 5.93. The fourth-order valence-electron chi connectivity index (χ4n) is 3.30. The van der Waals surface area contributed by atoms with Crippen LogP contribution in [0.4, 0.5) is 0 Å². The number of nitrogens with zero attached hydrogens (tertiary/aromatic N) is 2. The number of carbonyl (C=O) groups excluding carboxylic acids is 1. The van der Waals surface area contributed by atoms with E-state index in [2.05, 4.69) is 24.6 Å². The lowest BCUT2D eigenvalue weighted by Gasteiger charge is -2.45. The van der Waals surface area contributed by atoms with Gasteiger partial charge in [-0.1, -0.05) is 0 Å². The number of hydrogen-bond donors (Lipinski definition) is 0. The summed E-state index contributed by atoms with van der Waals surface area (Å²) < 4.78 is 13.9. The van der Waals surface area contributed by atoms with Crippen molar-refractivity contribution < 1.29 is 14.3 Å². The van der Waals surface area contributed by atoms with Crippen LogP contribution in [0.5, 0.6) is 0 Å². The molecule has 1 aromatic heterocycles. The zero-order valence-corrected chi connectivity index (χ0v) is 14.2. The fraction of sp³-hybridized carbons (Fsp3) is 0.706. The Balaban J connectivity index is 1.98. The Morgan fingerprint density at radius 3 is 2.41 bits per heavy atom. The molecular formula is C17H26N2O3. The Kier molecular flexibility index (Phi) is 3.61. The topological polar surface area (TPSA) is 43.7 Å². The van der Waals surface area contributed by atoms with Crippen molar-refractivity contribution in [2.24, 2.45) is 5.41 Å². The first-order valence-corrected chi connectivity index (χ1v) is 7.97. The van der Waals surface area contributed by atoms with Crippen LogP contribution >= 0.6 is 0 Å². The second kappa shape index (κ2) is 5.10. The predicted molar refractivity (Wildman–Crippen MR) is 83.8 cm³/mol. The molecule has 1 amide bonds. The van der Waals surface area contributed by atoms with Gasteiger partial charge in [0.15, 0.2) is 5.79 Å². The molecule has 0 unspecified atom stereocenters. The number of carbonyl (C=O) groups is 1. The van der Waals surface area contributed by atoms with E-state index in [-0.39, 0.29) is 17.4 Å². The average Bonchev–Trinajstić information content (AvgIpc) is 2.74. The number of hydrogen-bond acceptors (Lipinski definition) is 3. The lowest BCUT2D eigenvalue weighted by Crippen LogP contribution is -2.54. The quantitative estimate of drug-likeness (QED) is 0.800. The minimum Gasteiger partial charge on any atom is -0.350 e. The van der Waals surface area contributed by atoms with Crippen LogP contribution in [0.25, 0.3) is 0 Å². The van der Waals surface area contributed by atoms with Gasteiger partial charge >= 0.3 is 0 Å². The van der Waals surface area contributed by atoms with Crippen LogP contribution in [0, 0.1) is 12.3 Å². The van der Waals surface area contributed by atoms with Gasteiger partial charge in [0.1, 0.15) is 5.69 Å². The molecule has 0 atom stereocenters. The van der Waals surface area contributed by atoms with Crippen molar-refractivity contribution in [2.75, 3.05) is 19.8 Å². The van der Waals surface area contributed by atoms with Gasteiger partial charge in [-0.15, -0.1) is 0 Å². The molecule has 1 saturated heterocycles. The Hall–Kier alpha value is -1.33. The van der Waals surface area contributed by atoms with E-state index in [0.29, 0.717) is 19.8 Å². The van der Waals surface area contributed by atoms with E-state index in [1.54, 1.807) is 0 Å². The summed E-state index contributed by atoms with van der Waals surface area (Å²) in [7, 11) is 0.